The number of hydrogen-bond acceptors (Lipinski definition) is 3. The molecule has 1 amide bonds. The van der Waals surface area contributed by atoms with E-state index in [-0.39, 0.29) is 34.9 Å². The molecule has 7 heteroatoms. The Morgan fingerprint density at radius 2 is 1.43 bits per heavy atom. The summed E-state index contributed by atoms with van der Waals surface area (Å²) >= 11 is 0. The molecule has 3 aromatic carbocycles. The molecule has 40 heavy (non-hydrogen) atoms. The van der Waals surface area contributed by atoms with Crippen LogP contribution in [0.15, 0.2) is 66.7 Å². The lowest BCUT2D eigenvalue weighted by Crippen LogP contribution is -2.33. The topological polar surface area (TPSA) is 49.4 Å². The molecule has 0 spiro atoms. The van der Waals surface area contributed by atoms with Gasteiger partial charge in [-0.15, -0.1) is 0 Å². The Hall–Kier alpha value is -3.45. The van der Waals surface area contributed by atoms with Crippen LogP contribution in [-0.4, -0.2) is 36.2 Å². The van der Waals surface area contributed by atoms with Gasteiger partial charge in [0.2, 0.25) is 5.91 Å². The predicted octanol–water partition coefficient (Wildman–Crippen LogP) is 7.45. The standard InChI is InChI=1S/C33H37F3N2O2/c1-22(2)33(40)37-30-21-26(10-15-29(30)36)23-16-19-38(20-17-23)18-4-3-5-31(39)32(24-6-11-27(34)12-7-24)25-8-13-28(35)14-9-25/h6-15,21-23,32H,3-5,16-20H2,1-2H3,(H,37,40). The van der Waals surface area contributed by atoms with Crippen molar-refractivity contribution >= 4 is 17.4 Å². The number of benzene rings is 3. The third-order valence-corrected chi connectivity index (χ3v) is 7.71. The van der Waals surface area contributed by atoms with E-state index in [9.17, 15) is 22.8 Å². The van der Waals surface area contributed by atoms with Crippen LogP contribution in [0.5, 0.6) is 0 Å². The molecule has 0 aromatic heterocycles. The van der Waals surface area contributed by atoms with Gasteiger partial charge in [0, 0.05) is 12.3 Å². The molecule has 0 radical (unpaired) electrons. The maximum Gasteiger partial charge on any atom is 0.227 e. The minimum atomic E-state index is -0.553. The van der Waals surface area contributed by atoms with E-state index in [4.69, 9.17) is 0 Å². The predicted molar refractivity (Wildman–Crippen MR) is 152 cm³/mol. The molecule has 212 valence electrons. The molecule has 0 aliphatic carbocycles. The largest absolute Gasteiger partial charge is 0.323 e. The SMILES string of the molecule is CC(C)C(=O)Nc1cc(C2CCN(CCCCC(=O)C(c3ccc(F)cc3)c3ccc(F)cc3)CC2)ccc1F. The minimum Gasteiger partial charge on any atom is -0.323 e. The van der Waals surface area contributed by atoms with Crippen LogP contribution < -0.4 is 5.32 Å². The smallest absolute Gasteiger partial charge is 0.227 e. The molecule has 0 bridgehead atoms. The van der Waals surface area contributed by atoms with E-state index < -0.39 is 11.7 Å². The molecule has 0 unspecified atom stereocenters. The van der Waals surface area contributed by atoms with Gasteiger partial charge in [-0.1, -0.05) is 44.2 Å². The Morgan fingerprint density at radius 1 is 0.850 bits per heavy atom. The average molecular weight is 551 g/mol. The number of halogens is 3. The second-order valence-corrected chi connectivity index (χ2v) is 11.0. The number of rotatable bonds is 11. The van der Waals surface area contributed by atoms with E-state index in [1.807, 2.05) is 6.07 Å². The first-order valence-corrected chi connectivity index (χ1v) is 14.1. The van der Waals surface area contributed by atoms with Gasteiger partial charge in [-0.25, -0.2) is 13.2 Å². The summed E-state index contributed by atoms with van der Waals surface area (Å²) in [7, 11) is 0. The molecule has 1 aliphatic heterocycles. The Balaban J connectivity index is 1.27. The van der Waals surface area contributed by atoms with Crippen molar-refractivity contribution in [3.05, 3.63) is 101 Å². The van der Waals surface area contributed by atoms with E-state index in [1.54, 1.807) is 44.2 Å². The summed E-state index contributed by atoms with van der Waals surface area (Å²) < 4.78 is 41.2. The Morgan fingerprint density at radius 3 is 1.98 bits per heavy atom. The molecule has 1 heterocycles. The number of carbonyl (C=O) groups is 2. The molecule has 4 rings (SSSR count). The van der Waals surface area contributed by atoms with Crippen LogP contribution in [0.3, 0.4) is 0 Å². The second-order valence-electron chi connectivity index (χ2n) is 11.0. The number of amides is 1. The van der Waals surface area contributed by atoms with Crippen LogP contribution >= 0.6 is 0 Å². The zero-order chi connectivity index (χ0) is 28.6. The fourth-order valence-electron chi connectivity index (χ4n) is 5.31. The first-order chi connectivity index (χ1) is 19.2. The van der Waals surface area contributed by atoms with Crippen LogP contribution in [-0.2, 0) is 9.59 Å². The number of likely N-dealkylation sites (tertiary alicyclic amines) is 1. The molecule has 1 aliphatic rings. The highest BCUT2D eigenvalue weighted by atomic mass is 19.1. The van der Waals surface area contributed by atoms with Crippen LogP contribution in [0, 0.1) is 23.4 Å². The van der Waals surface area contributed by atoms with Crippen molar-refractivity contribution in [2.75, 3.05) is 25.0 Å². The lowest BCUT2D eigenvalue weighted by atomic mass is 9.85. The van der Waals surface area contributed by atoms with E-state index in [0.717, 1.165) is 50.9 Å². The first-order valence-electron chi connectivity index (χ1n) is 14.1. The zero-order valence-electron chi connectivity index (χ0n) is 23.1. The van der Waals surface area contributed by atoms with E-state index >= 15 is 0 Å². The summed E-state index contributed by atoms with van der Waals surface area (Å²) in [6.45, 7) is 6.27. The zero-order valence-corrected chi connectivity index (χ0v) is 23.1. The van der Waals surface area contributed by atoms with Gasteiger partial charge >= 0.3 is 0 Å². The van der Waals surface area contributed by atoms with E-state index in [1.165, 1.54) is 30.3 Å². The van der Waals surface area contributed by atoms with Gasteiger partial charge in [-0.3, -0.25) is 9.59 Å². The fourth-order valence-corrected chi connectivity index (χ4v) is 5.31. The second kappa shape index (κ2) is 13.8. The van der Waals surface area contributed by atoms with Crippen molar-refractivity contribution in [2.45, 2.75) is 57.8 Å². The highest BCUT2D eigenvalue weighted by Crippen LogP contribution is 2.32. The minimum absolute atomic E-state index is 0.0357. The third-order valence-electron chi connectivity index (χ3n) is 7.71. The van der Waals surface area contributed by atoms with Gasteiger partial charge in [-0.05, 0) is 104 Å². The fraction of sp³-hybridized carbons (Fsp3) is 0.394. The third kappa shape index (κ3) is 7.81. The summed E-state index contributed by atoms with van der Waals surface area (Å²) in [5, 5.41) is 2.69. The lowest BCUT2D eigenvalue weighted by Gasteiger charge is -2.32. The number of hydrogen-bond donors (Lipinski definition) is 1. The van der Waals surface area contributed by atoms with Crippen molar-refractivity contribution in [1.29, 1.82) is 0 Å². The highest BCUT2D eigenvalue weighted by molar-refractivity contribution is 5.92. The van der Waals surface area contributed by atoms with Gasteiger partial charge in [0.1, 0.15) is 23.2 Å². The van der Waals surface area contributed by atoms with Crippen LogP contribution in [0.1, 0.15) is 74.5 Å². The number of anilines is 1. The molecule has 0 atom stereocenters. The lowest BCUT2D eigenvalue weighted by molar-refractivity contribution is -0.120. The van der Waals surface area contributed by atoms with Gasteiger partial charge in [-0.2, -0.15) is 0 Å². The number of unbranched alkanes of at least 4 members (excludes halogenated alkanes) is 1. The van der Waals surface area contributed by atoms with Gasteiger partial charge in [0.25, 0.3) is 0 Å². The molecule has 0 saturated carbocycles. The highest BCUT2D eigenvalue weighted by Gasteiger charge is 2.24. The summed E-state index contributed by atoms with van der Waals surface area (Å²) in [5.41, 5.74) is 2.68. The molecule has 3 aromatic rings. The van der Waals surface area contributed by atoms with Crippen molar-refractivity contribution < 1.29 is 22.8 Å². The molecular weight excluding hydrogens is 513 g/mol. The Labute approximate surface area is 234 Å². The number of nitrogens with zero attached hydrogens (tertiary/aromatic N) is 1. The Kier molecular flexibility index (Phi) is 10.2. The van der Waals surface area contributed by atoms with E-state index in [2.05, 4.69) is 10.2 Å². The number of carbonyl (C=O) groups excluding carboxylic acids is 2. The molecule has 4 nitrogen and oxygen atoms in total. The van der Waals surface area contributed by atoms with Crippen molar-refractivity contribution in [3.8, 4) is 0 Å². The maximum absolute atomic E-state index is 14.3. The van der Waals surface area contributed by atoms with Gasteiger partial charge < -0.3 is 10.2 Å². The number of Topliss-reactive ketones (excluding diaryl/α,β-unsaturated/α-hetero) is 1. The average Bonchev–Trinajstić information content (AvgIpc) is 2.95. The van der Waals surface area contributed by atoms with Crippen LogP contribution in [0.2, 0.25) is 0 Å². The van der Waals surface area contributed by atoms with Crippen molar-refractivity contribution in [1.82, 2.24) is 4.90 Å². The van der Waals surface area contributed by atoms with Gasteiger partial charge in [0.05, 0.1) is 11.6 Å². The maximum atomic E-state index is 14.3. The Bertz CT molecular complexity index is 1240. The number of piperidine rings is 1. The monoisotopic (exact) mass is 550 g/mol. The van der Waals surface area contributed by atoms with Crippen LogP contribution in [0.4, 0.5) is 18.9 Å². The number of nitrogens with one attached hydrogen (secondary N) is 1. The molecule has 1 saturated heterocycles. The number of ketones is 1. The summed E-state index contributed by atoms with van der Waals surface area (Å²) in [6, 6.07) is 16.9. The van der Waals surface area contributed by atoms with Crippen LogP contribution in [0.25, 0.3) is 0 Å². The summed E-state index contributed by atoms with van der Waals surface area (Å²) in [4.78, 5) is 27.7. The van der Waals surface area contributed by atoms with Crippen molar-refractivity contribution in [3.63, 3.8) is 0 Å². The normalized spacial score (nSPS) is 14.6. The first kappa shape index (κ1) is 29.5. The quantitative estimate of drug-likeness (QED) is 0.252. The van der Waals surface area contributed by atoms with Crippen molar-refractivity contribution in [2.24, 2.45) is 5.92 Å². The van der Waals surface area contributed by atoms with Gasteiger partial charge in [0.15, 0.2) is 0 Å². The molecular formula is C33H37F3N2O2. The molecule has 1 fully saturated rings. The summed E-state index contributed by atoms with van der Waals surface area (Å²) in [6.07, 6.45) is 3.88. The summed E-state index contributed by atoms with van der Waals surface area (Å²) in [5.74, 6) is -1.79. The van der Waals surface area contributed by atoms with E-state index in [0.29, 0.717) is 23.5 Å². The molecule has 1 N–H and O–H groups in total.